The Labute approximate surface area is 118 Å². The molecular weight excluding hydrogens is 294 g/mol. The first-order valence-corrected chi connectivity index (χ1v) is 7.18. The summed E-state index contributed by atoms with van der Waals surface area (Å²) in [6.07, 6.45) is 2.33. The number of ether oxygens (including phenoxy) is 2. The van der Waals surface area contributed by atoms with Gasteiger partial charge in [0.2, 0.25) is 0 Å². The highest BCUT2D eigenvalue weighted by Gasteiger charge is 2.00. The van der Waals surface area contributed by atoms with E-state index in [0.29, 0.717) is 0 Å². The highest BCUT2D eigenvalue weighted by Crippen LogP contribution is 2.25. The fraction of sp³-hybridized carbons (Fsp3) is 0.571. The van der Waals surface area contributed by atoms with E-state index in [1.807, 2.05) is 6.07 Å². The first-order chi connectivity index (χ1) is 8.77. The van der Waals surface area contributed by atoms with E-state index in [-0.39, 0.29) is 0 Å². The Morgan fingerprint density at radius 3 is 2.78 bits per heavy atom. The Morgan fingerprint density at radius 1 is 1.28 bits per heavy atom. The summed E-state index contributed by atoms with van der Waals surface area (Å²) in [5, 5.41) is 3.36. The Bertz CT molecular complexity index is 345. The van der Waals surface area contributed by atoms with Crippen LogP contribution in [0.15, 0.2) is 22.7 Å². The maximum Gasteiger partial charge on any atom is 0.133 e. The van der Waals surface area contributed by atoms with Crippen molar-refractivity contribution in [3.63, 3.8) is 0 Å². The SMILES string of the molecule is CCCCOCCNCc1ccc(OC)c(Br)c1. The van der Waals surface area contributed by atoms with E-state index in [1.165, 1.54) is 12.0 Å². The Balaban J connectivity index is 2.17. The van der Waals surface area contributed by atoms with Crippen LogP contribution in [0.5, 0.6) is 5.75 Å². The third-order valence-corrected chi connectivity index (χ3v) is 3.23. The molecule has 102 valence electrons. The molecule has 1 N–H and O–H groups in total. The number of halogens is 1. The fourth-order valence-corrected chi connectivity index (χ4v) is 2.13. The lowest BCUT2D eigenvalue weighted by atomic mass is 10.2. The van der Waals surface area contributed by atoms with Gasteiger partial charge < -0.3 is 14.8 Å². The summed E-state index contributed by atoms with van der Waals surface area (Å²) in [5.74, 6) is 0.863. The number of methoxy groups -OCH3 is 1. The molecule has 0 radical (unpaired) electrons. The molecule has 18 heavy (non-hydrogen) atoms. The van der Waals surface area contributed by atoms with Crippen LogP contribution in [0.1, 0.15) is 25.3 Å². The van der Waals surface area contributed by atoms with Crippen molar-refractivity contribution < 1.29 is 9.47 Å². The predicted molar refractivity (Wildman–Crippen MR) is 78.1 cm³/mol. The van der Waals surface area contributed by atoms with Crippen LogP contribution in [0.3, 0.4) is 0 Å². The lowest BCUT2D eigenvalue weighted by Gasteiger charge is -2.08. The van der Waals surface area contributed by atoms with Crippen molar-refractivity contribution >= 4 is 15.9 Å². The van der Waals surface area contributed by atoms with Gasteiger partial charge in [0, 0.05) is 19.7 Å². The summed E-state index contributed by atoms with van der Waals surface area (Å²) >= 11 is 3.48. The predicted octanol–water partition coefficient (Wildman–Crippen LogP) is 3.36. The van der Waals surface area contributed by atoms with Crippen LogP contribution < -0.4 is 10.1 Å². The number of nitrogens with one attached hydrogen (secondary N) is 1. The molecule has 0 amide bonds. The highest BCUT2D eigenvalue weighted by atomic mass is 79.9. The molecule has 0 saturated heterocycles. The lowest BCUT2D eigenvalue weighted by Crippen LogP contribution is -2.19. The molecule has 0 bridgehead atoms. The van der Waals surface area contributed by atoms with Crippen LogP contribution in [-0.4, -0.2) is 26.9 Å². The van der Waals surface area contributed by atoms with Crippen molar-refractivity contribution in [1.29, 1.82) is 0 Å². The average Bonchev–Trinajstić information content (AvgIpc) is 2.38. The van der Waals surface area contributed by atoms with Crippen LogP contribution >= 0.6 is 15.9 Å². The first-order valence-electron chi connectivity index (χ1n) is 6.38. The van der Waals surface area contributed by atoms with Crippen molar-refractivity contribution in [2.24, 2.45) is 0 Å². The van der Waals surface area contributed by atoms with Gasteiger partial charge in [-0.3, -0.25) is 0 Å². The molecule has 1 aromatic rings. The highest BCUT2D eigenvalue weighted by molar-refractivity contribution is 9.10. The second-order valence-electron chi connectivity index (χ2n) is 4.11. The average molecular weight is 316 g/mol. The van der Waals surface area contributed by atoms with E-state index in [2.05, 4.69) is 40.3 Å². The zero-order valence-electron chi connectivity index (χ0n) is 11.2. The smallest absolute Gasteiger partial charge is 0.133 e. The van der Waals surface area contributed by atoms with Gasteiger partial charge in [-0.25, -0.2) is 0 Å². The van der Waals surface area contributed by atoms with Crippen LogP contribution in [-0.2, 0) is 11.3 Å². The molecule has 0 aliphatic heterocycles. The summed E-state index contributed by atoms with van der Waals surface area (Å²) in [5.41, 5.74) is 1.23. The summed E-state index contributed by atoms with van der Waals surface area (Å²) in [6.45, 7) is 5.54. The molecule has 4 heteroatoms. The molecule has 0 unspecified atom stereocenters. The number of hydrogen-bond donors (Lipinski definition) is 1. The molecule has 1 rings (SSSR count). The fourth-order valence-electron chi connectivity index (χ4n) is 1.55. The maximum absolute atomic E-state index is 5.48. The van der Waals surface area contributed by atoms with Crippen LogP contribution in [0, 0.1) is 0 Å². The normalized spacial score (nSPS) is 10.6. The van der Waals surface area contributed by atoms with E-state index in [9.17, 15) is 0 Å². The molecule has 1 aromatic carbocycles. The standard InChI is InChI=1S/C14H22BrNO2/c1-3-4-8-18-9-7-16-11-12-5-6-14(17-2)13(15)10-12/h5-6,10,16H,3-4,7-9,11H2,1-2H3. The van der Waals surface area contributed by atoms with Crippen molar-refractivity contribution in [1.82, 2.24) is 5.32 Å². The molecule has 0 spiro atoms. The molecule has 0 fully saturated rings. The second-order valence-corrected chi connectivity index (χ2v) is 4.97. The van der Waals surface area contributed by atoms with Crippen LogP contribution in [0.4, 0.5) is 0 Å². The molecule has 0 aromatic heterocycles. The lowest BCUT2D eigenvalue weighted by molar-refractivity contribution is 0.133. The molecule has 0 heterocycles. The minimum Gasteiger partial charge on any atom is -0.496 e. The summed E-state index contributed by atoms with van der Waals surface area (Å²) in [4.78, 5) is 0. The zero-order valence-corrected chi connectivity index (χ0v) is 12.8. The third-order valence-electron chi connectivity index (χ3n) is 2.61. The van der Waals surface area contributed by atoms with Crippen molar-refractivity contribution in [2.75, 3.05) is 26.9 Å². The maximum atomic E-state index is 5.48. The second kappa shape index (κ2) is 9.36. The largest absolute Gasteiger partial charge is 0.496 e. The number of unbranched alkanes of at least 4 members (excludes halogenated alkanes) is 1. The Morgan fingerprint density at radius 2 is 2.11 bits per heavy atom. The van der Waals surface area contributed by atoms with Gasteiger partial charge in [0.15, 0.2) is 0 Å². The summed E-state index contributed by atoms with van der Waals surface area (Å²) in [6, 6.07) is 6.11. The topological polar surface area (TPSA) is 30.5 Å². The molecular formula is C14H22BrNO2. The zero-order chi connectivity index (χ0) is 13.2. The van der Waals surface area contributed by atoms with E-state index >= 15 is 0 Å². The minimum absolute atomic E-state index is 0.775. The van der Waals surface area contributed by atoms with Gasteiger partial charge in [-0.1, -0.05) is 19.4 Å². The quantitative estimate of drug-likeness (QED) is 0.709. The Hall–Kier alpha value is -0.580. The number of rotatable bonds is 9. The number of hydrogen-bond acceptors (Lipinski definition) is 3. The van der Waals surface area contributed by atoms with E-state index in [4.69, 9.17) is 9.47 Å². The van der Waals surface area contributed by atoms with E-state index in [0.717, 1.165) is 42.9 Å². The first kappa shape index (κ1) is 15.5. The van der Waals surface area contributed by atoms with Gasteiger partial charge in [-0.15, -0.1) is 0 Å². The monoisotopic (exact) mass is 315 g/mol. The van der Waals surface area contributed by atoms with E-state index in [1.54, 1.807) is 7.11 Å². The van der Waals surface area contributed by atoms with Gasteiger partial charge >= 0.3 is 0 Å². The van der Waals surface area contributed by atoms with Crippen molar-refractivity contribution in [3.8, 4) is 5.75 Å². The van der Waals surface area contributed by atoms with Gasteiger partial charge in [0.25, 0.3) is 0 Å². The third kappa shape index (κ3) is 5.85. The Kier molecular flexibility index (Phi) is 8.05. The van der Waals surface area contributed by atoms with Gasteiger partial charge in [-0.2, -0.15) is 0 Å². The summed E-state index contributed by atoms with van der Waals surface area (Å²) < 4.78 is 11.7. The minimum atomic E-state index is 0.775. The molecule has 0 atom stereocenters. The van der Waals surface area contributed by atoms with Crippen LogP contribution in [0.2, 0.25) is 0 Å². The van der Waals surface area contributed by atoms with Gasteiger partial charge in [0.1, 0.15) is 5.75 Å². The van der Waals surface area contributed by atoms with Gasteiger partial charge in [-0.05, 0) is 40.0 Å². The van der Waals surface area contributed by atoms with Crippen molar-refractivity contribution in [3.05, 3.63) is 28.2 Å². The molecule has 3 nitrogen and oxygen atoms in total. The molecule has 0 aliphatic rings. The van der Waals surface area contributed by atoms with Crippen molar-refractivity contribution in [2.45, 2.75) is 26.3 Å². The van der Waals surface area contributed by atoms with E-state index < -0.39 is 0 Å². The molecule has 0 aliphatic carbocycles. The number of benzene rings is 1. The molecule has 0 saturated carbocycles. The van der Waals surface area contributed by atoms with Gasteiger partial charge in [0.05, 0.1) is 18.2 Å². The van der Waals surface area contributed by atoms with Crippen LogP contribution in [0.25, 0.3) is 0 Å². The summed E-state index contributed by atoms with van der Waals surface area (Å²) in [7, 11) is 1.67.